The topological polar surface area (TPSA) is 65.4 Å². The highest BCUT2D eigenvalue weighted by atomic mass is 16.5. The molecule has 2 aromatic rings. The van der Waals surface area contributed by atoms with E-state index in [9.17, 15) is 4.79 Å². The van der Waals surface area contributed by atoms with E-state index < -0.39 is 0 Å². The Labute approximate surface area is 148 Å². The molecule has 1 N–H and O–H groups in total. The first-order valence-corrected chi connectivity index (χ1v) is 8.01. The third-order valence-corrected chi connectivity index (χ3v) is 3.55. The Morgan fingerprint density at radius 2 is 1.92 bits per heavy atom. The van der Waals surface area contributed by atoms with Gasteiger partial charge < -0.3 is 15.0 Å². The van der Waals surface area contributed by atoms with Gasteiger partial charge in [0.05, 0.1) is 0 Å². The number of carbonyl (C=O) groups is 1. The monoisotopic (exact) mass is 335 g/mol. The summed E-state index contributed by atoms with van der Waals surface area (Å²) in [4.78, 5) is 14.0. The number of anilines is 1. The molecule has 0 fully saturated rings. The molecule has 0 aliphatic rings. The number of ether oxygens (including phenoxy) is 1. The van der Waals surface area contributed by atoms with E-state index >= 15 is 0 Å². The first kappa shape index (κ1) is 18.1. The first-order chi connectivity index (χ1) is 12.2. The number of benzene rings is 2. The fourth-order valence-electron chi connectivity index (χ4n) is 2.18. The normalized spacial score (nSPS) is 10.2. The maximum atomic E-state index is 11.9. The summed E-state index contributed by atoms with van der Waals surface area (Å²) in [6.45, 7) is 1.32. The second-order valence-corrected chi connectivity index (χ2v) is 5.40. The van der Waals surface area contributed by atoms with Gasteiger partial charge in [0.2, 0.25) is 5.91 Å². The molecule has 2 aromatic carbocycles. The van der Waals surface area contributed by atoms with Crippen LogP contribution in [-0.4, -0.2) is 32.7 Å². The van der Waals surface area contributed by atoms with Crippen molar-refractivity contribution in [3.8, 4) is 11.8 Å². The van der Waals surface area contributed by atoms with E-state index in [1.54, 1.807) is 18.2 Å². The van der Waals surface area contributed by atoms with Gasteiger partial charge in [-0.25, -0.2) is 0 Å². The quantitative estimate of drug-likeness (QED) is 0.754. The lowest BCUT2D eigenvalue weighted by molar-refractivity contribution is -0.116. The summed E-state index contributed by atoms with van der Waals surface area (Å²) in [6, 6.07) is 19.1. The van der Waals surface area contributed by atoms with Crippen molar-refractivity contribution in [2.45, 2.75) is 0 Å². The number of hydrogen-bond donors (Lipinski definition) is 1. The van der Waals surface area contributed by atoms with Crippen molar-refractivity contribution in [1.29, 1.82) is 5.26 Å². The summed E-state index contributed by atoms with van der Waals surface area (Å²) >= 11 is 0. The molecule has 0 heterocycles. The van der Waals surface area contributed by atoms with Crippen molar-refractivity contribution in [1.82, 2.24) is 5.32 Å². The minimum Gasteiger partial charge on any atom is -0.479 e. The van der Waals surface area contributed by atoms with E-state index in [2.05, 4.69) is 10.2 Å². The van der Waals surface area contributed by atoms with Crippen LogP contribution in [0, 0.1) is 11.3 Å². The number of hydrogen-bond acceptors (Lipinski definition) is 4. The molecule has 5 heteroatoms. The molecular weight excluding hydrogens is 314 g/mol. The van der Waals surface area contributed by atoms with E-state index in [4.69, 9.17) is 10.00 Å². The van der Waals surface area contributed by atoms with E-state index in [1.807, 2.05) is 55.6 Å². The molecule has 2 rings (SSSR count). The van der Waals surface area contributed by atoms with Gasteiger partial charge in [0.1, 0.15) is 11.8 Å². The summed E-state index contributed by atoms with van der Waals surface area (Å²) in [5, 5.41) is 11.3. The highest BCUT2D eigenvalue weighted by Gasteiger charge is 2.00. The number of nitrogens with one attached hydrogen (secondary N) is 1. The first-order valence-electron chi connectivity index (χ1n) is 8.01. The zero-order valence-corrected chi connectivity index (χ0v) is 14.2. The van der Waals surface area contributed by atoms with Gasteiger partial charge in [-0.1, -0.05) is 30.3 Å². The van der Waals surface area contributed by atoms with Crippen molar-refractivity contribution in [3.63, 3.8) is 0 Å². The molecule has 0 bridgehead atoms. The molecule has 0 atom stereocenters. The van der Waals surface area contributed by atoms with Crippen LogP contribution in [0.5, 0.6) is 5.75 Å². The molecule has 0 radical (unpaired) electrons. The summed E-state index contributed by atoms with van der Waals surface area (Å²) in [7, 11) is 1.99. The molecule has 128 valence electrons. The van der Waals surface area contributed by atoms with Crippen molar-refractivity contribution in [2.75, 3.05) is 31.6 Å². The van der Waals surface area contributed by atoms with E-state index in [1.165, 1.54) is 6.08 Å². The van der Waals surface area contributed by atoms with Gasteiger partial charge in [0.15, 0.2) is 6.61 Å². The van der Waals surface area contributed by atoms with Gasteiger partial charge in [-0.05, 0) is 35.9 Å². The van der Waals surface area contributed by atoms with Gasteiger partial charge in [0.25, 0.3) is 0 Å². The Bertz CT molecular complexity index is 734. The van der Waals surface area contributed by atoms with Crippen LogP contribution >= 0.6 is 0 Å². The number of amides is 1. The standard InChI is InChI=1S/C20H21N3O2/c1-23(18-5-3-2-4-6-18)15-14-22-20(24)12-9-17-7-10-19(11-8-17)25-16-13-21/h2-12H,14-16H2,1H3,(H,22,24)/b12-9+. The Morgan fingerprint density at radius 3 is 2.60 bits per heavy atom. The van der Waals surface area contributed by atoms with Gasteiger partial charge in [-0.15, -0.1) is 0 Å². The van der Waals surface area contributed by atoms with Gasteiger partial charge in [-0.2, -0.15) is 5.26 Å². The Kier molecular flexibility index (Phi) is 7.08. The molecule has 0 saturated heterocycles. The van der Waals surface area contributed by atoms with Crippen LogP contribution in [0.15, 0.2) is 60.7 Å². The number of nitrogens with zero attached hydrogens (tertiary/aromatic N) is 2. The SMILES string of the molecule is CN(CCNC(=O)/C=C/c1ccc(OCC#N)cc1)c1ccccc1. The number of nitriles is 1. The minimum absolute atomic E-state index is 0.0228. The molecular formula is C20H21N3O2. The Morgan fingerprint density at radius 1 is 1.20 bits per heavy atom. The zero-order chi connectivity index (χ0) is 17.9. The van der Waals surface area contributed by atoms with Crippen LogP contribution in [0.25, 0.3) is 6.08 Å². The third kappa shape index (κ3) is 6.40. The molecule has 25 heavy (non-hydrogen) atoms. The Hall–Kier alpha value is -3.26. The Balaban J connectivity index is 1.74. The highest BCUT2D eigenvalue weighted by Crippen LogP contribution is 2.13. The van der Waals surface area contributed by atoms with Crippen molar-refractivity contribution >= 4 is 17.7 Å². The lowest BCUT2D eigenvalue weighted by atomic mass is 10.2. The van der Waals surface area contributed by atoms with Gasteiger partial charge >= 0.3 is 0 Å². The smallest absolute Gasteiger partial charge is 0.244 e. The summed E-state index contributed by atoms with van der Waals surface area (Å²) < 4.78 is 5.18. The molecule has 0 saturated carbocycles. The summed E-state index contributed by atoms with van der Waals surface area (Å²) in [5.74, 6) is 0.498. The largest absolute Gasteiger partial charge is 0.479 e. The van der Waals surface area contributed by atoms with Crippen molar-refractivity contribution in [2.24, 2.45) is 0 Å². The average Bonchev–Trinajstić information content (AvgIpc) is 2.66. The van der Waals surface area contributed by atoms with Crippen LogP contribution in [0.2, 0.25) is 0 Å². The van der Waals surface area contributed by atoms with Crippen molar-refractivity contribution in [3.05, 3.63) is 66.2 Å². The maximum Gasteiger partial charge on any atom is 0.244 e. The number of carbonyl (C=O) groups excluding carboxylic acids is 1. The third-order valence-electron chi connectivity index (χ3n) is 3.55. The summed E-state index contributed by atoms with van der Waals surface area (Å²) in [5.41, 5.74) is 2.01. The van der Waals surface area contributed by atoms with Crippen LogP contribution < -0.4 is 15.0 Å². The second-order valence-electron chi connectivity index (χ2n) is 5.40. The molecule has 0 aliphatic heterocycles. The maximum absolute atomic E-state index is 11.9. The number of likely N-dealkylation sites (N-methyl/N-ethyl adjacent to an activating group) is 1. The van der Waals surface area contributed by atoms with Crippen LogP contribution in [0.1, 0.15) is 5.56 Å². The van der Waals surface area contributed by atoms with Crippen LogP contribution in [0.4, 0.5) is 5.69 Å². The van der Waals surface area contributed by atoms with E-state index in [0.717, 1.165) is 17.8 Å². The van der Waals surface area contributed by atoms with Gasteiger partial charge in [-0.3, -0.25) is 4.79 Å². The van der Waals surface area contributed by atoms with Crippen LogP contribution in [0.3, 0.4) is 0 Å². The van der Waals surface area contributed by atoms with Crippen molar-refractivity contribution < 1.29 is 9.53 Å². The van der Waals surface area contributed by atoms with Gasteiger partial charge in [0, 0.05) is 31.9 Å². The van der Waals surface area contributed by atoms with E-state index in [-0.39, 0.29) is 12.5 Å². The zero-order valence-electron chi connectivity index (χ0n) is 14.2. The number of para-hydroxylation sites is 1. The predicted octanol–water partition coefficient (Wildman–Crippen LogP) is 2.85. The second kappa shape index (κ2) is 9.78. The molecule has 0 aromatic heterocycles. The molecule has 0 unspecified atom stereocenters. The lowest BCUT2D eigenvalue weighted by Gasteiger charge is -2.19. The highest BCUT2D eigenvalue weighted by molar-refractivity contribution is 5.91. The minimum atomic E-state index is -0.133. The van der Waals surface area contributed by atoms with E-state index in [0.29, 0.717) is 12.3 Å². The predicted molar refractivity (Wildman–Crippen MR) is 99.3 cm³/mol. The lowest BCUT2D eigenvalue weighted by Crippen LogP contribution is -2.31. The molecule has 5 nitrogen and oxygen atoms in total. The fraction of sp³-hybridized carbons (Fsp3) is 0.200. The average molecular weight is 335 g/mol. The molecule has 0 spiro atoms. The number of rotatable bonds is 8. The summed E-state index contributed by atoms with van der Waals surface area (Å²) in [6.07, 6.45) is 3.25. The molecule has 1 amide bonds. The molecule has 0 aliphatic carbocycles. The fourth-order valence-corrected chi connectivity index (χ4v) is 2.18. The van der Waals surface area contributed by atoms with Crippen LogP contribution in [-0.2, 0) is 4.79 Å².